The summed E-state index contributed by atoms with van der Waals surface area (Å²) < 4.78 is 11.3. The fraction of sp³-hybridized carbons (Fsp3) is 0.435. The van der Waals surface area contributed by atoms with Crippen LogP contribution in [0.15, 0.2) is 54.6 Å². The van der Waals surface area contributed by atoms with Gasteiger partial charge in [0.1, 0.15) is 5.75 Å². The number of unbranched alkanes of at least 4 members (excludes halogenated alkanes) is 1. The Labute approximate surface area is 162 Å². The van der Waals surface area contributed by atoms with Crippen LogP contribution in [-0.4, -0.2) is 50.1 Å². The van der Waals surface area contributed by atoms with E-state index >= 15 is 0 Å². The minimum atomic E-state index is 0.141. The second-order valence-electron chi connectivity index (χ2n) is 6.91. The van der Waals surface area contributed by atoms with Gasteiger partial charge in [-0.1, -0.05) is 42.5 Å². The average molecular weight is 367 g/mol. The number of nitrogens with zero attached hydrogens (tertiary/aromatic N) is 1. The van der Waals surface area contributed by atoms with Gasteiger partial charge in [-0.05, 0) is 43.5 Å². The molecule has 0 unspecified atom stereocenters. The van der Waals surface area contributed by atoms with Gasteiger partial charge in [0.05, 0.1) is 25.4 Å². The number of para-hydroxylation sites is 1. The summed E-state index contributed by atoms with van der Waals surface area (Å²) in [5.41, 5.74) is 1.88. The van der Waals surface area contributed by atoms with Crippen molar-refractivity contribution in [3.05, 3.63) is 65.7 Å². The summed E-state index contributed by atoms with van der Waals surface area (Å²) in [7, 11) is 0. The zero-order valence-electron chi connectivity index (χ0n) is 15.9. The largest absolute Gasteiger partial charge is 0.493 e. The molecule has 0 spiro atoms. The minimum absolute atomic E-state index is 0.141. The number of aryl methyl sites for hydroxylation is 1. The Bertz CT molecular complexity index is 696. The summed E-state index contributed by atoms with van der Waals surface area (Å²) >= 11 is 0. The SMILES string of the molecule is O=C(CCc1ccccc1)c1ccccc1OCCCCN1CCOCC1. The first-order valence-corrected chi connectivity index (χ1v) is 9.92. The quantitative estimate of drug-likeness (QED) is 0.470. The van der Waals surface area contributed by atoms with Gasteiger partial charge >= 0.3 is 0 Å². The maximum absolute atomic E-state index is 12.6. The topological polar surface area (TPSA) is 38.8 Å². The fourth-order valence-electron chi connectivity index (χ4n) is 3.30. The van der Waals surface area contributed by atoms with E-state index < -0.39 is 0 Å². The number of carbonyl (C=O) groups is 1. The highest BCUT2D eigenvalue weighted by molar-refractivity contribution is 5.98. The van der Waals surface area contributed by atoms with Crippen molar-refractivity contribution in [2.45, 2.75) is 25.7 Å². The number of Topliss-reactive ketones (excluding diaryl/α,β-unsaturated/α-hetero) is 1. The molecular formula is C23H29NO3. The second kappa shape index (κ2) is 10.9. The highest BCUT2D eigenvalue weighted by Crippen LogP contribution is 2.21. The molecule has 0 amide bonds. The molecule has 0 radical (unpaired) electrons. The van der Waals surface area contributed by atoms with Gasteiger partial charge in [0, 0.05) is 19.5 Å². The summed E-state index contributed by atoms with van der Waals surface area (Å²) in [4.78, 5) is 15.1. The van der Waals surface area contributed by atoms with Gasteiger partial charge in [0.2, 0.25) is 0 Å². The summed E-state index contributed by atoms with van der Waals surface area (Å²) in [5.74, 6) is 0.852. The zero-order chi connectivity index (χ0) is 18.7. The minimum Gasteiger partial charge on any atom is -0.493 e. The molecule has 0 aliphatic carbocycles. The van der Waals surface area contributed by atoms with Crippen LogP contribution < -0.4 is 4.74 Å². The van der Waals surface area contributed by atoms with E-state index in [-0.39, 0.29) is 5.78 Å². The lowest BCUT2D eigenvalue weighted by Gasteiger charge is -2.26. The van der Waals surface area contributed by atoms with Crippen LogP contribution in [0.5, 0.6) is 5.75 Å². The number of hydrogen-bond donors (Lipinski definition) is 0. The maximum Gasteiger partial charge on any atom is 0.166 e. The lowest BCUT2D eigenvalue weighted by atomic mass is 10.0. The number of benzene rings is 2. The number of carbonyl (C=O) groups excluding carboxylic acids is 1. The van der Waals surface area contributed by atoms with Crippen LogP contribution in [-0.2, 0) is 11.2 Å². The Hall–Kier alpha value is -2.17. The number of hydrogen-bond acceptors (Lipinski definition) is 4. The predicted octanol–water partition coefficient (Wildman–Crippen LogP) is 3.99. The third kappa shape index (κ3) is 6.49. The summed E-state index contributed by atoms with van der Waals surface area (Å²) in [5, 5.41) is 0. The van der Waals surface area contributed by atoms with Crippen molar-refractivity contribution in [1.29, 1.82) is 0 Å². The molecule has 1 heterocycles. The standard InChI is InChI=1S/C23H29NO3/c25-22(13-12-20-8-2-1-3-9-20)21-10-4-5-11-23(21)27-17-7-6-14-24-15-18-26-19-16-24/h1-5,8-11H,6-7,12-19H2. The van der Waals surface area contributed by atoms with Gasteiger partial charge in [-0.3, -0.25) is 9.69 Å². The Morgan fingerprint density at radius 1 is 0.963 bits per heavy atom. The smallest absolute Gasteiger partial charge is 0.166 e. The van der Waals surface area contributed by atoms with Crippen LogP contribution in [0.25, 0.3) is 0 Å². The lowest BCUT2D eigenvalue weighted by Crippen LogP contribution is -2.36. The van der Waals surface area contributed by atoms with E-state index in [2.05, 4.69) is 17.0 Å². The normalized spacial score (nSPS) is 14.8. The van der Waals surface area contributed by atoms with Crippen LogP contribution in [0.3, 0.4) is 0 Å². The van der Waals surface area contributed by atoms with Crippen LogP contribution in [0.1, 0.15) is 35.2 Å². The summed E-state index contributed by atoms with van der Waals surface area (Å²) in [6, 6.07) is 17.7. The fourth-order valence-corrected chi connectivity index (χ4v) is 3.30. The van der Waals surface area contributed by atoms with Crippen molar-refractivity contribution >= 4 is 5.78 Å². The molecule has 2 aromatic carbocycles. The molecule has 1 saturated heterocycles. The van der Waals surface area contributed by atoms with Gasteiger partial charge in [-0.2, -0.15) is 0 Å². The van der Waals surface area contributed by atoms with E-state index in [1.807, 2.05) is 42.5 Å². The Morgan fingerprint density at radius 2 is 1.70 bits per heavy atom. The van der Waals surface area contributed by atoms with Gasteiger partial charge in [-0.25, -0.2) is 0 Å². The van der Waals surface area contributed by atoms with E-state index in [4.69, 9.17) is 9.47 Å². The van der Waals surface area contributed by atoms with Crippen molar-refractivity contribution < 1.29 is 14.3 Å². The predicted molar refractivity (Wildman–Crippen MR) is 108 cm³/mol. The molecule has 0 saturated carbocycles. The average Bonchev–Trinajstić information content (AvgIpc) is 2.73. The lowest BCUT2D eigenvalue weighted by molar-refractivity contribution is 0.0368. The molecule has 0 atom stereocenters. The van der Waals surface area contributed by atoms with Crippen molar-refractivity contribution in [1.82, 2.24) is 4.90 Å². The molecule has 2 aromatic rings. The second-order valence-corrected chi connectivity index (χ2v) is 6.91. The van der Waals surface area contributed by atoms with E-state index in [1.54, 1.807) is 0 Å². The summed E-state index contributed by atoms with van der Waals surface area (Å²) in [6.45, 7) is 5.47. The summed E-state index contributed by atoms with van der Waals surface area (Å²) in [6.07, 6.45) is 3.35. The van der Waals surface area contributed by atoms with Crippen molar-refractivity contribution in [3.8, 4) is 5.75 Å². The zero-order valence-corrected chi connectivity index (χ0v) is 15.9. The van der Waals surface area contributed by atoms with Crippen molar-refractivity contribution in [3.63, 3.8) is 0 Å². The molecule has 1 aliphatic heterocycles. The van der Waals surface area contributed by atoms with Crippen LogP contribution in [0, 0.1) is 0 Å². The van der Waals surface area contributed by atoms with E-state index in [9.17, 15) is 4.79 Å². The van der Waals surface area contributed by atoms with E-state index in [0.29, 0.717) is 24.3 Å². The highest BCUT2D eigenvalue weighted by Gasteiger charge is 2.13. The van der Waals surface area contributed by atoms with Gasteiger partial charge < -0.3 is 9.47 Å². The maximum atomic E-state index is 12.6. The van der Waals surface area contributed by atoms with E-state index in [1.165, 1.54) is 5.56 Å². The number of ether oxygens (including phenoxy) is 2. The molecule has 0 aromatic heterocycles. The molecule has 4 nitrogen and oxygen atoms in total. The first-order chi connectivity index (χ1) is 13.3. The molecule has 0 N–H and O–H groups in total. The van der Waals surface area contributed by atoms with Gasteiger partial charge in [0.25, 0.3) is 0 Å². The van der Waals surface area contributed by atoms with Crippen molar-refractivity contribution in [2.75, 3.05) is 39.5 Å². The molecule has 27 heavy (non-hydrogen) atoms. The first-order valence-electron chi connectivity index (χ1n) is 9.92. The first kappa shape index (κ1) is 19.6. The number of rotatable bonds is 10. The Kier molecular flexibility index (Phi) is 7.87. The molecule has 4 heteroatoms. The molecule has 0 bridgehead atoms. The third-order valence-corrected chi connectivity index (χ3v) is 4.90. The molecule has 144 valence electrons. The number of morpholine rings is 1. The Balaban J connectivity index is 1.43. The number of ketones is 1. The third-order valence-electron chi connectivity index (χ3n) is 4.90. The molecular weight excluding hydrogens is 338 g/mol. The monoisotopic (exact) mass is 367 g/mol. The van der Waals surface area contributed by atoms with Crippen LogP contribution >= 0.6 is 0 Å². The molecule has 1 aliphatic rings. The van der Waals surface area contributed by atoms with Crippen LogP contribution in [0.2, 0.25) is 0 Å². The highest BCUT2D eigenvalue weighted by atomic mass is 16.5. The van der Waals surface area contributed by atoms with Crippen LogP contribution in [0.4, 0.5) is 0 Å². The van der Waals surface area contributed by atoms with E-state index in [0.717, 1.165) is 52.1 Å². The van der Waals surface area contributed by atoms with Crippen molar-refractivity contribution in [2.24, 2.45) is 0 Å². The molecule has 3 rings (SSSR count). The Morgan fingerprint density at radius 3 is 2.52 bits per heavy atom. The van der Waals surface area contributed by atoms with Gasteiger partial charge in [0.15, 0.2) is 5.78 Å². The molecule has 1 fully saturated rings. The van der Waals surface area contributed by atoms with Gasteiger partial charge in [-0.15, -0.1) is 0 Å².